The van der Waals surface area contributed by atoms with Gasteiger partial charge in [0.2, 0.25) is 0 Å². The molecule has 0 amide bonds. The standard InChI is InChI=1S/C28H30O8/c1-3-33-15-17-35-13-5-7-23-19-21(9-11-25(23)27(29)30)22-10-12-26(28(31)32)24(20-22)8-6-14-36-18-16-34-4-2/h9-12,19-20H,3-4,13-18H2,1-2H3,(H,29,30)(H,31,32). The summed E-state index contributed by atoms with van der Waals surface area (Å²) in [6.45, 7) is 6.98. The molecule has 36 heavy (non-hydrogen) atoms. The minimum atomic E-state index is -1.10. The first-order chi connectivity index (χ1) is 17.5. The van der Waals surface area contributed by atoms with E-state index in [-0.39, 0.29) is 24.3 Å². The van der Waals surface area contributed by atoms with Gasteiger partial charge in [-0.15, -0.1) is 0 Å². The highest BCUT2D eigenvalue weighted by Gasteiger charge is 2.13. The largest absolute Gasteiger partial charge is 0.478 e. The van der Waals surface area contributed by atoms with Crippen molar-refractivity contribution in [3.05, 3.63) is 58.7 Å². The van der Waals surface area contributed by atoms with Crippen LogP contribution >= 0.6 is 0 Å². The fraction of sp³-hybridized carbons (Fsp3) is 0.357. The number of hydrogen-bond acceptors (Lipinski definition) is 6. The van der Waals surface area contributed by atoms with Crippen LogP contribution in [-0.4, -0.2) is 75.0 Å². The van der Waals surface area contributed by atoms with Crippen molar-refractivity contribution in [1.82, 2.24) is 0 Å². The van der Waals surface area contributed by atoms with Gasteiger partial charge in [0.15, 0.2) is 0 Å². The van der Waals surface area contributed by atoms with Crippen molar-refractivity contribution < 1.29 is 38.7 Å². The monoisotopic (exact) mass is 494 g/mol. The molecule has 0 spiro atoms. The van der Waals surface area contributed by atoms with E-state index in [0.29, 0.717) is 61.9 Å². The molecular weight excluding hydrogens is 464 g/mol. The van der Waals surface area contributed by atoms with E-state index in [0.717, 1.165) is 0 Å². The summed E-state index contributed by atoms with van der Waals surface area (Å²) in [6, 6.07) is 9.55. The molecule has 0 bridgehead atoms. The summed E-state index contributed by atoms with van der Waals surface area (Å²) in [5.74, 6) is 9.17. The van der Waals surface area contributed by atoms with E-state index in [4.69, 9.17) is 18.9 Å². The molecule has 0 aliphatic rings. The molecule has 0 unspecified atom stereocenters. The van der Waals surface area contributed by atoms with E-state index in [2.05, 4.69) is 23.7 Å². The number of rotatable bonds is 13. The molecule has 190 valence electrons. The van der Waals surface area contributed by atoms with Gasteiger partial charge in [0.05, 0.1) is 37.6 Å². The molecule has 0 atom stereocenters. The maximum atomic E-state index is 11.7. The van der Waals surface area contributed by atoms with Gasteiger partial charge in [-0.2, -0.15) is 0 Å². The highest BCUT2D eigenvalue weighted by atomic mass is 16.5. The molecule has 0 saturated carbocycles. The zero-order valence-electron chi connectivity index (χ0n) is 20.5. The van der Waals surface area contributed by atoms with Crippen molar-refractivity contribution in [3.63, 3.8) is 0 Å². The van der Waals surface area contributed by atoms with E-state index in [1.165, 1.54) is 12.1 Å². The van der Waals surface area contributed by atoms with Crippen LogP contribution in [0.1, 0.15) is 45.7 Å². The van der Waals surface area contributed by atoms with Gasteiger partial charge in [-0.3, -0.25) is 0 Å². The van der Waals surface area contributed by atoms with Crippen LogP contribution in [0.25, 0.3) is 11.1 Å². The SMILES string of the molecule is CCOCCOCC#Cc1cc(-c2ccc(C(=O)O)c(C#CCOCCOCC)c2)ccc1C(=O)O. The Bertz CT molecular complexity index is 1060. The fourth-order valence-electron chi connectivity index (χ4n) is 3.06. The topological polar surface area (TPSA) is 112 Å². The number of aromatic carboxylic acids is 2. The van der Waals surface area contributed by atoms with Crippen LogP contribution < -0.4 is 0 Å². The quantitative estimate of drug-likeness (QED) is 0.321. The molecular formula is C28H30O8. The Morgan fingerprint density at radius 2 is 1.06 bits per heavy atom. The van der Waals surface area contributed by atoms with Crippen LogP contribution in [0.4, 0.5) is 0 Å². The highest BCUT2D eigenvalue weighted by Crippen LogP contribution is 2.25. The summed E-state index contributed by atoms with van der Waals surface area (Å²) in [6.07, 6.45) is 0. The second kappa shape index (κ2) is 16.1. The third kappa shape index (κ3) is 9.53. The summed E-state index contributed by atoms with van der Waals surface area (Å²) in [7, 11) is 0. The lowest BCUT2D eigenvalue weighted by Crippen LogP contribution is -2.04. The summed E-state index contributed by atoms with van der Waals surface area (Å²) in [5.41, 5.74) is 2.13. The molecule has 8 nitrogen and oxygen atoms in total. The third-order valence-electron chi connectivity index (χ3n) is 4.78. The van der Waals surface area contributed by atoms with Crippen molar-refractivity contribution in [2.24, 2.45) is 0 Å². The molecule has 0 saturated heterocycles. The lowest BCUT2D eigenvalue weighted by Gasteiger charge is -2.08. The smallest absolute Gasteiger partial charge is 0.336 e. The highest BCUT2D eigenvalue weighted by molar-refractivity contribution is 5.93. The van der Waals surface area contributed by atoms with Gasteiger partial charge in [0.1, 0.15) is 13.2 Å². The van der Waals surface area contributed by atoms with Crippen LogP contribution in [0, 0.1) is 23.7 Å². The molecule has 2 rings (SSSR count). The van der Waals surface area contributed by atoms with Crippen LogP contribution in [-0.2, 0) is 18.9 Å². The second-order valence-electron chi connectivity index (χ2n) is 7.23. The number of carboxylic acids is 2. The van der Waals surface area contributed by atoms with E-state index >= 15 is 0 Å². The molecule has 2 aromatic rings. The molecule has 0 aliphatic heterocycles. The minimum absolute atomic E-state index is 0.0620. The predicted octanol–water partition coefficient (Wildman–Crippen LogP) is 3.56. The van der Waals surface area contributed by atoms with Crippen molar-refractivity contribution >= 4 is 11.9 Å². The van der Waals surface area contributed by atoms with Gasteiger partial charge in [0, 0.05) is 24.3 Å². The molecule has 2 N–H and O–H groups in total. The summed E-state index contributed by atoms with van der Waals surface area (Å²) < 4.78 is 21.1. The van der Waals surface area contributed by atoms with Gasteiger partial charge < -0.3 is 29.2 Å². The Balaban J connectivity index is 2.25. The van der Waals surface area contributed by atoms with Crippen molar-refractivity contribution in [2.75, 3.05) is 52.9 Å². The number of ether oxygens (including phenoxy) is 4. The average molecular weight is 495 g/mol. The summed E-state index contributed by atoms with van der Waals surface area (Å²) >= 11 is 0. The number of hydrogen-bond donors (Lipinski definition) is 2. The minimum Gasteiger partial charge on any atom is -0.478 e. The Labute approximate surface area is 211 Å². The molecule has 8 heteroatoms. The summed E-state index contributed by atoms with van der Waals surface area (Å²) in [5, 5.41) is 19.1. The van der Waals surface area contributed by atoms with Crippen LogP contribution in [0.5, 0.6) is 0 Å². The Morgan fingerprint density at radius 3 is 1.42 bits per heavy atom. The van der Waals surface area contributed by atoms with E-state index in [1.54, 1.807) is 24.3 Å². The normalized spacial score (nSPS) is 10.2. The van der Waals surface area contributed by atoms with Gasteiger partial charge in [-0.25, -0.2) is 9.59 Å². The zero-order chi connectivity index (χ0) is 26.2. The first-order valence-electron chi connectivity index (χ1n) is 11.5. The molecule has 0 heterocycles. The van der Waals surface area contributed by atoms with E-state index < -0.39 is 11.9 Å². The lowest BCUT2D eigenvalue weighted by atomic mass is 9.96. The van der Waals surface area contributed by atoms with Crippen LogP contribution in [0.2, 0.25) is 0 Å². The Hall–Kier alpha value is -3.66. The Kier molecular flexibility index (Phi) is 12.8. The lowest BCUT2D eigenvalue weighted by molar-refractivity contribution is 0.0662. The van der Waals surface area contributed by atoms with Crippen LogP contribution in [0.3, 0.4) is 0 Å². The van der Waals surface area contributed by atoms with E-state index in [9.17, 15) is 19.8 Å². The molecule has 2 aromatic carbocycles. The molecule has 0 aliphatic carbocycles. The third-order valence-corrected chi connectivity index (χ3v) is 4.78. The van der Waals surface area contributed by atoms with Gasteiger partial charge in [-0.05, 0) is 49.2 Å². The first-order valence-corrected chi connectivity index (χ1v) is 11.5. The number of carbonyl (C=O) groups is 2. The van der Waals surface area contributed by atoms with E-state index in [1.807, 2.05) is 13.8 Å². The van der Waals surface area contributed by atoms with Gasteiger partial charge in [0.25, 0.3) is 0 Å². The van der Waals surface area contributed by atoms with Crippen LogP contribution in [0.15, 0.2) is 36.4 Å². The fourth-order valence-corrected chi connectivity index (χ4v) is 3.06. The second-order valence-corrected chi connectivity index (χ2v) is 7.23. The van der Waals surface area contributed by atoms with Crippen molar-refractivity contribution in [2.45, 2.75) is 13.8 Å². The summed E-state index contributed by atoms with van der Waals surface area (Å²) in [4.78, 5) is 23.3. The molecule has 0 fully saturated rings. The predicted molar refractivity (Wildman–Crippen MR) is 134 cm³/mol. The molecule has 0 aromatic heterocycles. The van der Waals surface area contributed by atoms with Gasteiger partial charge >= 0.3 is 11.9 Å². The van der Waals surface area contributed by atoms with Gasteiger partial charge in [-0.1, -0.05) is 35.8 Å². The average Bonchev–Trinajstić information content (AvgIpc) is 2.87. The molecule has 0 radical (unpaired) electrons. The number of carboxylic acid groups (broad SMARTS) is 2. The number of benzene rings is 2. The Morgan fingerprint density at radius 1 is 0.667 bits per heavy atom. The zero-order valence-corrected chi connectivity index (χ0v) is 20.5. The van der Waals surface area contributed by atoms with Crippen molar-refractivity contribution in [1.29, 1.82) is 0 Å². The van der Waals surface area contributed by atoms with Crippen molar-refractivity contribution in [3.8, 4) is 34.8 Å². The maximum absolute atomic E-state index is 11.7. The maximum Gasteiger partial charge on any atom is 0.336 e. The first kappa shape index (κ1) is 28.6.